The van der Waals surface area contributed by atoms with Crippen LogP contribution in [0.2, 0.25) is 0 Å². The third kappa shape index (κ3) is 4.13. The van der Waals surface area contributed by atoms with Gasteiger partial charge in [0.05, 0.1) is 17.3 Å². The Morgan fingerprint density at radius 1 is 1.00 bits per heavy atom. The van der Waals surface area contributed by atoms with E-state index in [1.54, 1.807) is 0 Å². The van der Waals surface area contributed by atoms with Gasteiger partial charge in [0.25, 0.3) is 0 Å². The predicted molar refractivity (Wildman–Crippen MR) is 121 cm³/mol. The van der Waals surface area contributed by atoms with Crippen LogP contribution in [0.15, 0.2) is 24.4 Å². The molecule has 5 rings (SSSR count). The van der Waals surface area contributed by atoms with E-state index in [0.717, 1.165) is 66.9 Å². The number of nitrogens with zero attached hydrogens (tertiary/aromatic N) is 4. The van der Waals surface area contributed by atoms with Crippen LogP contribution in [-0.2, 0) is 4.79 Å². The molecular weight excluding hydrogens is 388 g/mol. The van der Waals surface area contributed by atoms with Crippen molar-refractivity contribution in [3.63, 3.8) is 0 Å². The Kier molecular flexibility index (Phi) is 5.12. The fraction of sp³-hybridized carbons (Fsp3) is 0.500. The van der Waals surface area contributed by atoms with Crippen LogP contribution in [0.1, 0.15) is 55.5 Å². The lowest BCUT2D eigenvalue weighted by atomic mass is 9.91. The Morgan fingerprint density at radius 3 is 2.45 bits per heavy atom. The first-order valence-electron chi connectivity index (χ1n) is 11.3. The smallest absolute Gasteiger partial charge is 0.223 e. The van der Waals surface area contributed by atoms with Gasteiger partial charge in [-0.1, -0.05) is 17.7 Å². The summed E-state index contributed by atoms with van der Waals surface area (Å²) in [7, 11) is 0. The molecule has 0 bridgehead atoms. The standard InChI is InChI=1S/C24H30N6O/c1-14-4-11-21(15(2)12-14)30-23-20(13-25-30)22(26-16(3)27-23)28-18-7-9-19(10-8-18)29-24(31)17-5-6-17/h4,11-13,17-19H,5-10H2,1-3H3,(H,29,31)(H,26,27,28). The van der Waals surface area contributed by atoms with E-state index in [1.807, 2.05) is 17.8 Å². The molecule has 162 valence electrons. The number of aromatic nitrogens is 4. The molecule has 0 unspecified atom stereocenters. The summed E-state index contributed by atoms with van der Waals surface area (Å²) >= 11 is 0. The molecule has 7 heteroatoms. The maximum atomic E-state index is 12.0. The molecular formula is C24H30N6O. The van der Waals surface area contributed by atoms with E-state index in [0.29, 0.717) is 12.1 Å². The largest absolute Gasteiger partial charge is 0.367 e. The number of nitrogens with one attached hydrogen (secondary N) is 2. The number of hydrogen-bond donors (Lipinski definition) is 2. The van der Waals surface area contributed by atoms with E-state index in [-0.39, 0.29) is 11.8 Å². The van der Waals surface area contributed by atoms with Crippen molar-refractivity contribution in [2.75, 3.05) is 5.32 Å². The van der Waals surface area contributed by atoms with E-state index >= 15 is 0 Å². The Morgan fingerprint density at radius 2 is 1.74 bits per heavy atom. The third-order valence-corrected chi connectivity index (χ3v) is 6.48. The molecule has 0 atom stereocenters. The van der Waals surface area contributed by atoms with Crippen LogP contribution >= 0.6 is 0 Å². The van der Waals surface area contributed by atoms with Crippen LogP contribution in [-0.4, -0.2) is 37.7 Å². The van der Waals surface area contributed by atoms with Gasteiger partial charge in [-0.15, -0.1) is 0 Å². The average molecular weight is 419 g/mol. The summed E-state index contributed by atoms with van der Waals surface area (Å²) in [6.07, 6.45) is 8.02. The first-order valence-corrected chi connectivity index (χ1v) is 11.3. The second-order valence-corrected chi connectivity index (χ2v) is 9.18. The Hall–Kier alpha value is -2.96. The van der Waals surface area contributed by atoms with E-state index in [2.05, 4.69) is 47.8 Å². The van der Waals surface area contributed by atoms with Gasteiger partial charge >= 0.3 is 0 Å². The molecule has 1 amide bonds. The number of benzene rings is 1. The molecule has 0 radical (unpaired) electrons. The van der Waals surface area contributed by atoms with Crippen LogP contribution in [0.4, 0.5) is 5.82 Å². The lowest BCUT2D eigenvalue weighted by Gasteiger charge is -2.30. The Labute approximate surface area is 182 Å². The zero-order valence-electron chi connectivity index (χ0n) is 18.5. The van der Waals surface area contributed by atoms with Crippen LogP contribution in [0.25, 0.3) is 16.7 Å². The Balaban J connectivity index is 1.34. The van der Waals surface area contributed by atoms with Crippen LogP contribution in [0.5, 0.6) is 0 Å². The molecule has 2 N–H and O–H groups in total. The topological polar surface area (TPSA) is 84.7 Å². The molecule has 7 nitrogen and oxygen atoms in total. The molecule has 0 saturated heterocycles. The molecule has 1 aromatic carbocycles. The minimum absolute atomic E-state index is 0.253. The molecule has 3 aromatic rings. The summed E-state index contributed by atoms with van der Waals surface area (Å²) in [5, 5.41) is 12.5. The molecule has 2 saturated carbocycles. The fourth-order valence-corrected chi connectivity index (χ4v) is 4.59. The number of anilines is 1. The van der Waals surface area contributed by atoms with E-state index < -0.39 is 0 Å². The summed E-state index contributed by atoms with van der Waals surface area (Å²) < 4.78 is 1.91. The van der Waals surface area contributed by atoms with Gasteiger partial charge in [-0.05, 0) is 70.9 Å². The first kappa shape index (κ1) is 20.0. The lowest BCUT2D eigenvalue weighted by molar-refractivity contribution is -0.123. The molecule has 0 spiro atoms. The first-order chi connectivity index (χ1) is 15.0. The maximum Gasteiger partial charge on any atom is 0.223 e. The summed E-state index contributed by atoms with van der Waals surface area (Å²) in [5.41, 5.74) is 4.26. The zero-order valence-corrected chi connectivity index (χ0v) is 18.5. The molecule has 31 heavy (non-hydrogen) atoms. The van der Waals surface area contributed by atoms with Gasteiger partial charge in [0.1, 0.15) is 11.6 Å². The van der Waals surface area contributed by atoms with Gasteiger partial charge in [-0.3, -0.25) is 4.79 Å². The van der Waals surface area contributed by atoms with E-state index in [9.17, 15) is 4.79 Å². The number of carbonyl (C=O) groups excluding carboxylic acids is 1. The molecule has 2 aliphatic rings. The highest BCUT2D eigenvalue weighted by Crippen LogP contribution is 2.31. The van der Waals surface area contributed by atoms with Crippen molar-refractivity contribution in [3.05, 3.63) is 41.3 Å². The number of fused-ring (bicyclic) bond motifs is 1. The Bertz CT molecular complexity index is 1120. The van der Waals surface area contributed by atoms with Crippen molar-refractivity contribution < 1.29 is 4.79 Å². The molecule has 2 aliphatic carbocycles. The number of hydrogen-bond acceptors (Lipinski definition) is 5. The van der Waals surface area contributed by atoms with Gasteiger partial charge in [0.2, 0.25) is 5.91 Å². The van der Waals surface area contributed by atoms with Gasteiger partial charge < -0.3 is 10.6 Å². The summed E-state index contributed by atoms with van der Waals surface area (Å²) in [6.45, 7) is 6.12. The van der Waals surface area contributed by atoms with Crippen LogP contribution in [0, 0.1) is 26.7 Å². The van der Waals surface area contributed by atoms with Crippen molar-refractivity contribution in [1.29, 1.82) is 0 Å². The second kappa shape index (κ2) is 7.94. The number of rotatable bonds is 5. The van der Waals surface area contributed by atoms with Gasteiger partial charge in [-0.2, -0.15) is 5.10 Å². The third-order valence-electron chi connectivity index (χ3n) is 6.48. The fourth-order valence-electron chi connectivity index (χ4n) is 4.59. The highest BCUT2D eigenvalue weighted by Gasteiger charge is 2.32. The van der Waals surface area contributed by atoms with Crippen LogP contribution in [0.3, 0.4) is 0 Å². The van der Waals surface area contributed by atoms with E-state index in [4.69, 9.17) is 9.97 Å². The molecule has 2 fully saturated rings. The highest BCUT2D eigenvalue weighted by atomic mass is 16.2. The van der Waals surface area contributed by atoms with Crippen molar-refractivity contribution >= 4 is 22.8 Å². The predicted octanol–water partition coefficient (Wildman–Crippen LogP) is 3.99. The summed E-state index contributed by atoms with van der Waals surface area (Å²) in [5.74, 6) is 2.11. The highest BCUT2D eigenvalue weighted by molar-refractivity contribution is 5.87. The summed E-state index contributed by atoms with van der Waals surface area (Å²) in [6, 6.07) is 7.01. The van der Waals surface area contributed by atoms with Crippen molar-refractivity contribution in [3.8, 4) is 5.69 Å². The van der Waals surface area contributed by atoms with Gasteiger partial charge in [-0.25, -0.2) is 14.6 Å². The van der Waals surface area contributed by atoms with Crippen molar-refractivity contribution in [2.24, 2.45) is 5.92 Å². The zero-order chi connectivity index (χ0) is 21.5. The SMILES string of the molecule is Cc1ccc(-n2ncc3c(NC4CCC(NC(=O)C5CC5)CC4)nc(C)nc32)c(C)c1. The second-order valence-electron chi connectivity index (χ2n) is 9.18. The minimum Gasteiger partial charge on any atom is -0.367 e. The van der Waals surface area contributed by atoms with Crippen molar-refractivity contribution in [2.45, 2.75) is 71.4 Å². The van der Waals surface area contributed by atoms with Gasteiger partial charge in [0.15, 0.2) is 5.65 Å². The molecule has 2 aromatic heterocycles. The molecule has 2 heterocycles. The quantitative estimate of drug-likeness (QED) is 0.654. The summed E-state index contributed by atoms with van der Waals surface area (Å²) in [4.78, 5) is 21.4. The average Bonchev–Trinajstić information content (AvgIpc) is 3.51. The lowest BCUT2D eigenvalue weighted by Crippen LogP contribution is -2.40. The van der Waals surface area contributed by atoms with Gasteiger partial charge in [0, 0.05) is 18.0 Å². The molecule has 0 aliphatic heterocycles. The van der Waals surface area contributed by atoms with Crippen LogP contribution < -0.4 is 10.6 Å². The maximum absolute atomic E-state index is 12.0. The monoisotopic (exact) mass is 418 g/mol. The minimum atomic E-state index is 0.253. The van der Waals surface area contributed by atoms with E-state index in [1.165, 1.54) is 11.1 Å². The number of carbonyl (C=O) groups is 1. The normalized spacial score (nSPS) is 21.3. The number of amides is 1. The number of aryl methyl sites for hydroxylation is 3. The van der Waals surface area contributed by atoms with Crippen molar-refractivity contribution in [1.82, 2.24) is 25.1 Å².